The Kier molecular flexibility index (Phi) is 11.5. The molecule has 0 saturated heterocycles. The molecule has 0 saturated carbocycles. The van der Waals surface area contributed by atoms with E-state index in [0.29, 0.717) is 6.16 Å². The first-order valence-corrected chi connectivity index (χ1v) is 18.7. The first kappa shape index (κ1) is 26.6. The number of hydrogen-bond donors (Lipinski definition) is 2. The quantitative estimate of drug-likeness (QED) is 0.132. The Hall–Kier alpha value is -1.63. The van der Waals surface area contributed by atoms with E-state index in [1.807, 2.05) is 32.0 Å². The smallest absolute Gasteiger partial charge is 0.122 e. The average molecular weight is 669 g/mol. The maximum absolute atomic E-state index is 10.5. The molecule has 4 rings (SSSR count). The van der Waals surface area contributed by atoms with Crippen molar-refractivity contribution < 1.29 is 10.2 Å². The first-order valence-electron chi connectivity index (χ1n) is 10.4. The normalized spacial score (nSPS) is 10.2. The van der Waals surface area contributed by atoms with Gasteiger partial charge in [0.15, 0.2) is 0 Å². The fourth-order valence-electron chi connectivity index (χ4n) is 3.72. The van der Waals surface area contributed by atoms with Crippen LogP contribution in [0.25, 0.3) is 0 Å². The summed E-state index contributed by atoms with van der Waals surface area (Å²) < 4.78 is 0. The maximum Gasteiger partial charge on any atom is 0.122 e. The molecule has 32 heavy (non-hydrogen) atoms. The van der Waals surface area contributed by atoms with Crippen LogP contribution < -0.4 is 15.9 Å². The van der Waals surface area contributed by atoms with Crippen LogP contribution in [0.1, 0.15) is 19.4 Å². The highest BCUT2D eigenvalue weighted by Gasteiger charge is 2.45. The highest BCUT2D eigenvalue weighted by atomic mass is 128. The van der Waals surface area contributed by atoms with Gasteiger partial charge < -0.3 is 10.2 Å². The summed E-state index contributed by atoms with van der Waals surface area (Å²) >= 11 is 4.24. The van der Waals surface area contributed by atoms with Crippen LogP contribution in [0.5, 0.6) is 11.5 Å². The topological polar surface area (TPSA) is 40.5 Å². The van der Waals surface area contributed by atoms with Gasteiger partial charge in [-0.15, -0.1) is 0 Å². The standard InChI is InChI=1S/C25H21O2P.C2H6.I2/c26-21-16-17-25(27)20(18-21)19-28(22-10-4-1-5-11-22,23-12-6-2-7-13-23)24-14-8-3-9-15-24;2*1-2/h1-18H,19H2,(H-,26,27);1-2H3;/p+1. The predicted octanol–water partition coefficient (Wildman–Crippen LogP) is 7.39. The molecule has 4 aromatic carbocycles. The van der Waals surface area contributed by atoms with Gasteiger partial charge in [0.25, 0.3) is 0 Å². The summed E-state index contributed by atoms with van der Waals surface area (Å²) in [6.07, 6.45) is 0.630. The minimum atomic E-state index is -2.09. The molecule has 2 N–H and O–H groups in total. The Morgan fingerprint density at radius 3 is 1.34 bits per heavy atom. The Morgan fingerprint density at radius 2 is 0.969 bits per heavy atom. The van der Waals surface area contributed by atoms with Gasteiger partial charge in [-0.05, 0) is 54.6 Å². The van der Waals surface area contributed by atoms with Gasteiger partial charge in [-0.25, -0.2) is 0 Å². The molecule has 166 valence electrons. The van der Waals surface area contributed by atoms with Crippen molar-refractivity contribution in [3.8, 4) is 11.5 Å². The lowest BCUT2D eigenvalue weighted by atomic mass is 10.2. The number of aromatic hydroxyl groups is 2. The average Bonchev–Trinajstić information content (AvgIpc) is 2.88. The van der Waals surface area contributed by atoms with E-state index < -0.39 is 7.26 Å². The first-order chi connectivity index (χ1) is 15.7. The number of benzene rings is 4. The number of halogens is 2. The van der Waals surface area contributed by atoms with Crippen molar-refractivity contribution in [2.24, 2.45) is 0 Å². The number of phenols is 2. The molecule has 0 aliphatic carbocycles. The molecule has 2 nitrogen and oxygen atoms in total. The summed E-state index contributed by atoms with van der Waals surface area (Å²) in [4.78, 5) is 0. The lowest BCUT2D eigenvalue weighted by molar-refractivity contribution is 0.456. The number of rotatable bonds is 5. The molecule has 0 aromatic heterocycles. The van der Waals surface area contributed by atoms with Crippen molar-refractivity contribution >= 4 is 60.4 Å². The van der Waals surface area contributed by atoms with E-state index in [1.165, 1.54) is 22.0 Å². The Labute approximate surface area is 215 Å². The second kappa shape index (κ2) is 13.8. The van der Waals surface area contributed by atoms with Gasteiger partial charge in [-0.1, -0.05) is 68.4 Å². The molecule has 0 unspecified atom stereocenters. The largest absolute Gasteiger partial charge is 0.508 e. The molecule has 0 radical (unpaired) electrons. The summed E-state index contributed by atoms with van der Waals surface area (Å²) in [5.41, 5.74) is 0.755. The van der Waals surface area contributed by atoms with E-state index in [2.05, 4.69) is 110 Å². The molecule has 0 aliphatic heterocycles. The van der Waals surface area contributed by atoms with E-state index in [9.17, 15) is 10.2 Å². The summed E-state index contributed by atoms with van der Waals surface area (Å²) in [5, 5.41) is 24.3. The van der Waals surface area contributed by atoms with Crippen molar-refractivity contribution in [3.63, 3.8) is 0 Å². The summed E-state index contributed by atoms with van der Waals surface area (Å²) in [5.74, 6) is 0.380. The minimum Gasteiger partial charge on any atom is -0.508 e. The van der Waals surface area contributed by atoms with Gasteiger partial charge in [0, 0.05) is 42.8 Å². The second-order valence-corrected chi connectivity index (χ2v) is 10.3. The number of phenolic OH excluding ortho intramolecular Hbond substituents is 2. The van der Waals surface area contributed by atoms with Crippen LogP contribution in [0.4, 0.5) is 0 Å². The Balaban J connectivity index is 0.000000860. The van der Waals surface area contributed by atoms with Crippen molar-refractivity contribution in [2.45, 2.75) is 20.0 Å². The fraction of sp³-hybridized carbons (Fsp3) is 0.111. The van der Waals surface area contributed by atoms with Crippen LogP contribution in [0.3, 0.4) is 0 Å². The second-order valence-electron chi connectivity index (χ2n) is 6.79. The molecule has 0 atom stereocenters. The monoisotopic (exact) mass is 669 g/mol. The Morgan fingerprint density at radius 1 is 0.594 bits per heavy atom. The molecule has 0 heterocycles. The van der Waals surface area contributed by atoms with E-state index in [0.717, 1.165) is 5.56 Å². The molecule has 0 spiro atoms. The van der Waals surface area contributed by atoms with Crippen LogP contribution in [-0.2, 0) is 6.16 Å². The molecule has 5 heteroatoms. The third-order valence-electron chi connectivity index (χ3n) is 5.06. The Bertz CT molecular complexity index is 962. The molecular formula is C27H28I2O2P+. The van der Waals surface area contributed by atoms with E-state index in [1.54, 1.807) is 12.1 Å². The molecule has 0 bridgehead atoms. The third-order valence-corrected chi connectivity index (χ3v) is 9.42. The van der Waals surface area contributed by atoms with Crippen LogP contribution in [-0.4, -0.2) is 10.2 Å². The fourth-order valence-corrected chi connectivity index (χ4v) is 7.97. The van der Waals surface area contributed by atoms with Gasteiger partial charge in [0.1, 0.15) is 40.8 Å². The van der Waals surface area contributed by atoms with Crippen LogP contribution >= 0.6 is 44.5 Å². The van der Waals surface area contributed by atoms with E-state index in [-0.39, 0.29) is 11.5 Å². The highest BCUT2D eigenvalue weighted by Crippen LogP contribution is 2.59. The highest BCUT2D eigenvalue weighted by molar-refractivity contribution is 15.0. The molecule has 0 fully saturated rings. The van der Waals surface area contributed by atoms with Gasteiger partial charge in [0.05, 0.1) is 0 Å². The van der Waals surface area contributed by atoms with Crippen molar-refractivity contribution in [1.82, 2.24) is 0 Å². The summed E-state index contributed by atoms with van der Waals surface area (Å²) in [6.45, 7) is 4.00. The van der Waals surface area contributed by atoms with Crippen LogP contribution in [0.15, 0.2) is 109 Å². The summed E-state index contributed by atoms with van der Waals surface area (Å²) in [7, 11) is -2.09. The third kappa shape index (κ3) is 6.24. The minimum absolute atomic E-state index is 0.167. The number of hydrogen-bond acceptors (Lipinski definition) is 2. The maximum atomic E-state index is 10.5. The molecule has 4 aromatic rings. The zero-order valence-electron chi connectivity index (χ0n) is 18.2. The lowest BCUT2D eigenvalue weighted by Crippen LogP contribution is -2.32. The zero-order valence-corrected chi connectivity index (χ0v) is 23.4. The van der Waals surface area contributed by atoms with Gasteiger partial charge in [0.2, 0.25) is 0 Å². The van der Waals surface area contributed by atoms with Crippen LogP contribution in [0.2, 0.25) is 0 Å². The van der Waals surface area contributed by atoms with E-state index in [4.69, 9.17) is 0 Å². The van der Waals surface area contributed by atoms with Crippen molar-refractivity contribution in [3.05, 3.63) is 115 Å². The van der Waals surface area contributed by atoms with Crippen molar-refractivity contribution in [1.29, 1.82) is 0 Å². The zero-order chi connectivity index (χ0) is 23.4. The molecule has 0 aliphatic rings. The van der Waals surface area contributed by atoms with Gasteiger partial charge in [-0.3, -0.25) is 0 Å². The van der Waals surface area contributed by atoms with Gasteiger partial charge >= 0.3 is 0 Å². The molecule has 0 amide bonds. The summed E-state index contributed by atoms with van der Waals surface area (Å²) in [6, 6.07) is 36.3. The predicted molar refractivity (Wildman–Crippen MR) is 158 cm³/mol. The van der Waals surface area contributed by atoms with Crippen LogP contribution in [0, 0.1) is 0 Å². The van der Waals surface area contributed by atoms with Crippen molar-refractivity contribution in [2.75, 3.05) is 0 Å². The lowest BCUT2D eigenvalue weighted by Gasteiger charge is -2.28. The van der Waals surface area contributed by atoms with Gasteiger partial charge in [-0.2, -0.15) is 0 Å². The SMILES string of the molecule is CC.II.Oc1ccc(O)c(C[P+](c2ccccc2)(c2ccccc2)c2ccccc2)c1. The molecular weight excluding hydrogens is 641 g/mol. The van der Waals surface area contributed by atoms with E-state index >= 15 is 0 Å².